The van der Waals surface area contributed by atoms with E-state index in [1.54, 1.807) is 0 Å². The number of nitrogens with zero attached hydrogens (tertiary/aromatic N) is 2. The molecule has 15 heavy (non-hydrogen) atoms. The third kappa shape index (κ3) is 3.86. The van der Waals surface area contributed by atoms with E-state index in [1.165, 1.54) is 11.1 Å². The van der Waals surface area contributed by atoms with Gasteiger partial charge in [0.1, 0.15) is 0 Å². The second-order valence-corrected chi connectivity index (χ2v) is 4.85. The molecular weight excluding hydrogens is 204 g/mol. The number of hydrogen-bond donors (Lipinski definition) is 1. The minimum atomic E-state index is 0.945. The fourth-order valence-corrected chi connectivity index (χ4v) is 1.87. The van der Waals surface area contributed by atoms with E-state index in [-0.39, 0.29) is 0 Å². The highest BCUT2D eigenvalue weighted by molar-refractivity contribution is 7.80. The van der Waals surface area contributed by atoms with Crippen LogP contribution < -0.4 is 0 Å². The molecule has 0 fully saturated rings. The molecule has 0 bridgehead atoms. The summed E-state index contributed by atoms with van der Waals surface area (Å²) < 4.78 is 0. The van der Waals surface area contributed by atoms with Crippen molar-refractivity contribution in [2.45, 2.75) is 18.0 Å². The first kappa shape index (κ1) is 12.6. The molecule has 84 valence electrons. The van der Waals surface area contributed by atoms with Gasteiger partial charge < -0.3 is 9.80 Å². The lowest BCUT2D eigenvalue weighted by Gasteiger charge is -2.16. The minimum absolute atomic E-state index is 0.945. The summed E-state index contributed by atoms with van der Waals surface area (Å²) in [5.74, 6) is 0. The van der Waals surface area contributed by atoms with Gasteiger partial charge in [-0.05, 0) is 39.3 Å². The second kappa shape index (κ2) is 5.54. The average Bonchev–Trinajstić information content (AvgIpc) is 2.10. The Kier molecular flexibility index (Phi) is 4.64. The van der Waals surface area contributed by atoms with Crippen LogP contribution in [0.1, 0.15) is 11.1 Å². The highest BCUT2D eigenvalue weighted by Crippen LogP contribution is 2.21. The van der Waals surface area contributed by atoms with Gasteiger partial charge in [-0.25, -0.2) is 0 Å². The van der Waals surface area contributed by atoms with Crippen LogP contribution in [0.2, 0.25) is 0 Å². The molecule has 0 unspecified atom stereocenters. The van der Waals surface area contributed by atoms with Crippen LogP contribution in [-0.4, -0.2) is 38.0 Å². The van der Waals surface area contributed by atoms with E-state index in [2.05, 4.69) is 68.8 Å². The van der Waals surface area contributed by atoms with Crippen molar-refractivity contribution in [2.24, 2.45) is 0 Å². The first-order valence-electron chi connectivity index (χ1n) is 5.10. The van der Waals surface area contributed by atoms with E-state index in [1.807, 2.05) is 0 Å². The standard InChI is InChI=1S/C12H20N2S/c1-13(2)8-10-6-5-7-11(12(10)15)9-14(3)4/h5-7,15H,8-9H2,1-4H3. The molecule has 0 radical (unpaired) electrons. The Morgan fingerprint density at radius 1 is 0.933 bits per heavy atom. The fraction of sp³-hybridized carbons (Fsp3) is 0.500. The summed E-state index contributed by atoms with van der Waals surface area (Å²) in [5, 5.41) is 0. The lowest BCUT2D eigenvalue weighted by molar-refractivity contribution is 0.389. The van der Waals surface area contributed by atoms with Gasteiger partial charge in [0, 0.05) is 18.0 Å². The molecule has 0 aromatic heterocycles. The van der Waals surface area contributed by atoms with Gasteiger partial charge in [-0.1, -0.05) is 18.2 Å². The van der Waals surface area contributed by atoms with Gasteiger partial charge in [0.05, 0.1) is 0 Å². The molecule has 2 nitrogen and oxygen atoms in total. The molecule has 0 N–H and O–H groups in total. The van der Waals surface area contributed by atoms with Crippen molar-refractivity contribution in [3.05, 3.63) is 29.3 Å². The van der Waals surface area contributed by atoms with Crippen molar-refractivity contribution in [3.63, 3.8) is 0 Å². The van der Waals surface area contributed by atoms with E-state index >= 15 is 0 Å². The zero-order valence-electron chi connectivity index (χ0n) is 9.99. The van der Waals surface area contributed by atoms with Crippen LogP contribution in [0.4, 0.5) is 0 Å². The molecule has 0 saturated heterocycles. The van der Waals surface area contributed by atoms with Crippen molar-refractivity contribution in [1.29, 1.82) is 0 Å². The molecule has 0 heterocycles. The topological polar surface area (TPSA) is 6.48 Å². The Morgan fingerprint density at radius 2 is 1.33 bits per heavy atom. The molecule has 1 aromatic rings. The SMILES string of the molecule is CN(C)Cc1cccc(CN(C)C)c1S. The maximum atomic E-state index is 4.61. The minimum Gasteiger partial charge on any atom is -0.305 e. The molecule has 0 spiro atoms. The second-order valence-electron chi connectivity index (χ2n) is 4.40. The quantitative estimate of drug-likeness (QED) is 0.783. The highest BCUT2D eigenvalue weighted by Gasteiger charge is 2.06. The lowest BCUT2D eigenvalue weighted by atomic mass is 10.1. The van der Waals surface area contributed by atoms with Gasteiger partial charge in [0.15, 0.2) is 0 Å². The molecule has 0 aliphatic rings. The van der Waals surface area contributed by atoms with Gasteiger partial charge in [-0.15, -0.1) is 12.6 Å². The van der Waals surface area contributed by atoms with Gasteiger partial charge in [0.25, 0.3) is 0 Å². The number of rotatable bonds is 4. The number of thiol groups is 1. The maximum Gasteiger partial charge on any atom is 0.0238 e. The Hall–Kier alpha value is -0.510. The van der Waals surface area contributed by atoms with Gasteiger partial charge >= 0.3 is 0 Å². The van der Waals surface area contributed by atoms with Crippen LogP contribution >= 0.6 is 12.6 Å². The average molecular weight is 224 g/mol. The van der Waals surface area contributed by atoms with E-state index in [9.17, 15) is 0 Å². The number of hydrogen-bond acceptors (Lipinski definition) is 3. The predicted octanol–water partition coefficient (Wildman–Crippen LogP) is 2.10. The van der Waals surface area contributed by atoms with Crippen molar-refractivity contribution in [1.82, 2.24) is 9.80 Å². The van der Waals surface area contributed by atoms with Crippen LogP contribution in [0.25, 0.3) is 0 Å². The Bertz CT molecular complexity index is 293. The van der Waals surface area contributed by atoms with Crippen molar-refractivity contribution >= 4 is 12.6 Å². The van der Waals surface area contributed by atoms with Crippen molar-refractivity contribution < 1.29 is 0 Å². The van der Waals surface area contributed by atoms with Crippen molar-refractivity contribution in [3.8, 4) is 0 Å². The Labute approximate surface area is 98.3 Å². The van der Waals surface area contributed by atoms with Crippen LogP contribution in [0.3, 0.4) is 0 Å². The van der Waals surface area contributed by atoms with E-state index in [0.717, 1.165) is 18.0 Å². The smallest absolute Gasteiger partial charge is 0.0238 e. The molecule has 0 aliphatic heterocycles. The zero-order chi connectivity index (χ0) is 11.4. The highest BCUT2D eigenvalue weighted by atomic mass is 32.1. The number of benzene rings is 1. The predicted molar refractivity (Wildman–Crippen MR) is 68.5 cm³/mol. The fourth-order valence-electron chi connectivity index (χ4n) is 1.58. The molecule has 0 amide bonds. The molecule has 0 atom stereocenters. The summed E-state index contributed by atoms with van der Waals surface area (Å²) in [4.78, 5) is 5.45. The van der Waals surface area contributed by atoms with Gasteiger partial charge in [-0.3, -0.25) is 0 Å². The zero-order valence-corrected chi connectivity index (χ0v) is 10.9. The first-order chi connectivity index (χ1) is 7.00. The van der Waals surface area contributed by atoms with E-state index in [4.69, 9.17) is 0 Å². The summed E-state index contributed by atoms with van der Waals surface area (Å²) in [5.41, 5.74) is 2.59. The van der Waals surface area contributed by atoms with Gasteiger partial charge in [0.2, 0.25) is 0 Å². The first-order valence-corrected chi connectivity index (χ1v) is 5.54. The molecular formula is C12H20N2S. The monoisotopic (exact) mass is 224 g/mol. The summed E-state index contributed by atoms with van der Waals surface area (Å²) >= 11 is 4.61. The van der Waals surface area contributed by atoms with Gasteiger partial charge in [-0.2, -0.15) is 0 Å². The lowest BCUT2D eigenvalue weighted by Crippen LogP contribution is -2.14. The molecule has 0 aliphatic carbocycles. The molecule has 1 aromatic carbocycles. The third-order valence-electron chi connectivity index (χ3n) is 2.18. The summed E-state index contributed by atoms with van der Waals surface area (Å²) in [6.07, 6.45) is 0. The Balaban J connectivity index is 2.90. The Morgan fingerprint density at radius 3 is 1.67 bits per heavy atom. The van der Waals surface area contributed by atoms with Crippen molar-refractivity contribution in [2.75, 3.05) is 28.2 Å². The molecule has 3 heteroatoms. The normalized spacial score (nSPS) is 11.4. The van der Waals surface area contributed by atoms with Crippen LogP contribution in [-0.2, 0) is 13.1 Å². The van der Waals surface area contributed by atoms with Crippen LogP contribution in [0.5, 0.6) is 0 Å². The summed E-state index contributed by atoms with van der Waals surface area (Å²) in [6, 6.07) is 6.39. The van der Waals surface area contributed by atoms with Crippen LogP contribution in [0.15, 0.2) is 23.1 Å². The third-order valence-corrected chi connectivity index (χ3v) is 2.75. The maximum absolute atomic E-state index is 4.61. The van der Waals surface area contributed by atoms with Crippen LogP contribution in [0, 0.1) is 0 Å². The molecule has 1 rings (SSSR count). The summed E-state index contributed by atoms with van der Waals surface area (Å²) in [7, 11) is 8.30. The van der Waals surface area contributed by atoms with E-state index in [0.29, 0.717) is 0 Å². The van der Waals surface area contributed by atoms with E-state index < -0.39 is 0 Å². The largest absolute Gasteiger partial charge is 0.305 e. The summed E-state index contributed by atoms with van der Waals surface area (Å²) in [6.45, 7) is 1.89. The molecule has 0 saturated carbocycles.